The van der Waals surface area contributed by atoms with E-state index in [0.717, 1.165) is 6.42 Å². The molecule has 2 aliphatic rings. The number of methoxy groups -OCH3 is 1. The highest BCUT2D eigenvalue weighted by molar-refractivity contribution is 5.67. The number of ether oxygens (including phenoxy) is 3. The lowest BCUT2D eigenvalue weighted by atomic mass is 9.74. The van der Waals surface area contributed by atoms with Crippen molar-refractivity contribution in [2.24, 2.45) is 35.5 Å². The fourth-order valence-electron chi connectivity index (χ4n) is 7.26. The van der Waals surface area contributed by atoms with Crippen molar-refractivity contribution in [3.63, 3.8) is 0 Å². The smallest absolute Gasteiger partial charge is 0.306 e. The van der Waals surface area contributed by atoms with Gasteiger partial charge >= 0.3 is 5.97 Å². The fraction of sp³-hybridized carbons (Fsp3) is 0.675. The van der Waals surface area contributed by atoms with Crippen LogP contribution in [0.3, 0.4) is 0 Å². The van der Waals surface area contributed by atoms with E-state index in [2.05, 4.69) is 26.8 Å². The monoisotopic (exact) mass is 688 g/mol. The number of hydrogen-bond donors (Lipinski definition) is 5. The first-order valence-corrected chi connectivity index (χ1v) is 17.9. The first kappa shape index (κ1) is 42.8. The van der Waals surface area contributed by atoms with Gasteiger partial charge in [0.05, 0.1) is 43.0 Å². The highest BCUT2D eigenvalue weighted by Crippen LogP contribution is 2.47. The van der Waals surface area contributed by atoms with Crippen LogP contribution in [0.5, 0.6) is 0 Å². The third-order valence-corrected chi connectivity index (χ3v) is 10.5. The molecule has 5 N–H and O–H groups in total. The van der Waals surface area contributed by atoms with E-state index >= 15 is 0 Å². The van der Waals surface area contributed by atoms with Crippen molar-refractivity contribution in [3.8, 4) is 0 Å². The predicted molar refractivity (Wildman–Crippen MR) is 194 cm³/mol. The Hall–Kier alpha value is -2.37. The zero-order valence-corrected chi connectivity index (χ0v) is 31.1. The SMILES string of the molecule is C/C=C(\C)C[C@H](C)[C@H](O)[C@@H](C)[C@H]1O[C@@]2(C[C@@H](OC)[C@H]1C)O[C@H]([C@@H](C)[C@@H](O)[C@@H](C)\C=C/C=C/C=C\C=C\C=C/[C@@H](O)CC(=O)O)[C@@H](C)C[C@@H]2O. The molecular weight excluding hydrogens is 624 g/mol. The number of aliphatic hydroxyl groups is 4. The standard InChI is InChI=1S/C40H64O9/c1-10-25(2)21-27(4)37(46)31(8)39-29(6)33(47-9)24-40(49-39)34(42)22-28(5)38(48-40)30(7)36(45)26(3)19-17-15-13-11-12-14-16-18-20-32(41)23-35(43)44/h10-20,26-34,36-39,41-42,45-46H,21-24H2,1-9H3,(H,43,44)/b12-11-,15-13+,16-14+,19-17-,20-18-,25-10+/t26-,27-,28-,29+,30-,31+,32+,33+,34-,36-,37-,38-,39-,40+/m0/s1. The maximum absolute atomic E-state index is 11.5. The minimum atomic E-state index is -1.31. The van der Waals surface area contributed by atoms with Crippen molar-refractivity contribution in [1.29, 1.82) is 0 Å². The fourth-order valence-corrected chi connectivity index (χ4v) is 7.26. The molecule has 0 aromatic heterocycles. The summed E-state index contributed by atoms with van der Waals surface area (Å²) in [6, 6.07) is 0. The second-order valence-corrected chi connectivity index (χ2v) is 14.5. The average molecular weight is 689 g/mol. The third kappa shape index (κ3) is 12.4. The number of allylic oxidation sites excluding steroid dienone is 10. The van der Waals surface area contributed by atoms with Crippen molar-refractivity contribution in [2.45, 2.75) is 130 Å². The lowest BCUT2D eigenvalue weighted by Crippen LogP contribution is -2.65. The number of carboxylic acid groups (broad SMARTS) is 1. The van der Waals surface area contributed by atoms with Crippen LogP contribution in [0, 0.1) is 35.5 Å². The Morgan fingerprint density at radius 3 is 1.94 bits per heavy atom. The minimum absolute atomic E-state index is 0.0240. The van der Waals surface area contributed by atoms with Gasteiger partial charge in [0.1, 0.15) is 6.10 Å². The Morgan fingerprint density at radius 2 is 1.39 bits per heavy atom. The number of hydrogen-bond acceptors (Lipinski definition) is 8. The Kier molecular flexibility index (Phi) is 17.9. The van der Waals surface area contributed by atoms with Crippen LogP contribution in [0.2, 0.25) is 0 Å². The molecular formula is C40H64O9. The van der Waals surface area contributed by atoms with Gasteiger partial charge in [0.2, 0.25) is 0 Å². The molecule has 14 atom stereocenters. The van der Waals surface area contributed by atoms with Crippen LogP contribution in [0.4, 0.5) is 0 Å². The Balaban J connectivity index is 2.10. The molecule has 0 amide bonds. The molecule has 49 heavy (non-hydrogen) atoms. The molecule has 2 saturated heterocycles. The van der Waals surface area contributed by atoms with Crippen LogP contribution >= 0.6 is 0 Å². The average Bonchev–Trinajstić information content (AvgIpc) is 3.06. The number of rotatable bonds is 17. The largest absolute Gasteiger partial charge is 0.481 e. The van der Waals surface area contributed by atoms with Crippen LogP contribution in [0.15, 0.2) is 72.4 Å². The van der Waals surface area contributed by atoms with Gasteiger partial charge in [-0.2, -0.15) is 0 Å². The van der Waals surface area contributed by atoms with E-state index in [9.17, 15) is 25.2 Å². The molecule has 9 nitrogen and oxygen atoms in total. The molecule has 0 radical (unpaired) electrons. The second kappa shape index (κ2) is 20.5. The van der Waals surface area contributed by atoms with Gasteiger partial charge in [-0.25, -0.2) is 0 Å². The van der Waals surface area contributed by atoms with E-state index in [-0.39, 0.29) is 54.1 Å². The van der Waals surface area contributed by atoms with E-state index < -0.39 is 42.3 Å². The number of aliphatic hydroxyl groups excluding tert-OH is 4. The Bertz CT molecular complexity index is 1190. The van der Waals surface area contributed by atoms with E-state index in [0.29, 0.717) is 12.8 Å². The molecule has 9 heteroatoms. The van der Waals surface area contributed by atoms with Crippen LogP contribution in [0.25, 0.3) is 0 Å². The summed E-state index contributed by atoms with van der Waals surface area (Å²) in [5.74, 6) is -3.05. The van der Waals surface area contributed by atoms with Gasteiger partial charge in [0, 0.05) is 37.2 Å². The molecule has 0 unspecified atom stereocenters. The van der Waals surface area contributed by atoms with Gasteiger partial charge in [-0.15, -0.1) is 0 Å². The van der Waals surface area contributed by atoms with Crippen molar-refractivity contribution in [2.75, 3.05) is 7.11 Å². The maximum atomic E-state index is 11.5. The first-order chi connectivity index (χ1) is 23.1. The summed E-state index contributed by atoms with van der Waals surface area (Å²) in [5, 5.41) is 52.5. The molecule has 2 fully saturated rings. The second-order valence-electron chi connectivity index (χ2n) is 14.5. The molecule has 2 heterocycles. The number of aliphatic carboxylic acids is 1. The summed E-state index contributed by atoms with van der Waals surface area (Å²) in [6.45, 7) is 16.2. The summed E-state index contributed by atoms with van der Waals surface area (Å²) in [4.78, 5) is 10.6. The molecule has 2 aliphatic heterocycles. The van der Waals surface area contributed by atoms with Crippen molar-refractivity contribution in [3.05, 3.63) is 72.4 Å². The number of carbonyl (C=O) groups is 1. The topological polar surface area (TPSA) is 146 Å². The van der Waals surface area contributed by atoms with Gasteiger partial charge in [-0.1, -0.05) is 114 Å². The van der Waals surface area contributed by atoms with Crippen molar-refractivity contribution in [1.82, 2.24) is 0 Å². The normalized spacial score (nSPS) is 33.1. The van der Waals surface area contributed by atoms with E-state index in [4.69, 9.17) is 19.3 Å². The van der Waals surface area contributed by atoms with E-state index in [1.807, 2.05) is 71.1 Å². The summed E-state index contributed by atoms with van der Waals surface area (Å²) < 4.78 is 19.5. The molecule has 0 aromatic carbocycles. The highest BCUT2D eigenvalue weighted by atomic mass is 16.7. The van der Waals surface area contributed by atoms with Crippen molar-refractivity contribution >= 4 is 5.97 Å². The van der Waals surface area contributed by atoms with Crippen LogP contribution < -0.4 is 0 Å². The van der Waals surface area contributed by atoms with Gasteiger partial charge in [0.25, 0.3) is 0 Å². The molecule has 0 aromatic rings. The van der Waals surface area contributed by atoms with Crippen LogP contribution in [-0.4, -0.2) is 87.1 Å². The zero-order valence-electron chi connectivity index (χ0n) is 31.1. The highest BCUT2D eigenvalue weighted by Gasteiger charge is 2.57. The first-order valence-electron chi connectivity index (χ1n) is 17.9. The van der Waals surface area contributed by atoms with Gasteiger partial charge in [0.15, 0.2) is 5.79 Å². The van der Waals surface area contributed by atoms with Crippen LogP contribution in [0.1, 0.15) is 81.1 Å². The van der Waals surface area contributed by atoms with Gasteiger partial charge < -0.3 is 39.7 Å². The van der Waals surface area contributed by atoms with Crippen molar-refractivity contribution < 1.29 is 44.5 Å². The van der Waals surface area contributed by atoms with Gasteiger partial charge in [-0.3, -0.25) is 4.79 Å². The lowest BCUT2D eigenvalue weighted by Gasteiger charge is -2.56. The minimum Gasteiger partial charge on any atom is -0.481 e. The summed E-state index contributed by atoms with van der Waals surface area (Å²) >= 11 is 0. The predicted octanol–water partition coefficient (Wildman–Crippen LogP) is 6.15. The third-order valence-electron chi connectivity index (χ3n) is 10.5. The summed E-state index contributed by atoms with van der Waals surface area (Å²) in [6.07, 6.45) is 16.8. The van der Waals surface area contributed by atoms with E-state index in [1.165, 1.54) is 11.6 Å². The van der Waals surface area contributed by atoms with E-state index in [1.54, 1.807) is 25.3 Å². The molecule has 1 spiro atoms. The maximum Gasteiger partial charge on any atom is 0.306 e. The summed E-state index contributed by atoms with van der Waals surface area (Å²) in [7, 11) is 1.67. The molecule has 0 aliphatic carbocycles. The Labute approximate surface area is 294 Å². The van der Waals surface area contributed by atoms with Crippen LogP contribution in [-0.2, 0) is 19.0 Å². The molecule has 0 saturated carbocycles. The zero-order chi connectivity index (χ0) is 36.9. The molecule has 2 rings (SSSR count). The van der Waals surface area contributed by atoms with Gasteiger partial charge in [-0.05, 0) is 38.5 Å². The number of carboxylic acids is 1. The quantitative estimate of drug-likeness (QED) is 0.0898. The Morgan fingerprint density at radius 1 is 0.857 bits per heavy atom. The molecule has 278 valence electrons. The molecule has 0 bridgehead atoms. The summed E-state index contributed by atoms with van der Waals surface area (Å²) in [5.41, 5.74) is 1.22. The lowest BCUT2D eigenvalue weighted by molar-refractivity contribution is -0.391.